The van der Waals surface area contributed by atoms with Crippen molar-refractivity contribution in [2.45, 2.75) is 104 Å². The second-order valence-electron chi connectivity index (χ2n) is 7.10. The first-order valence-electron chi connectivity index (χ1n) is 10.4. The molecule has 1 atom stereocenters. The molecule has 0 bridgehead atoms. The molecular weight excluding hydrogens is 316 g/mol. The van der Waals surface area contributed by atoms with Crippen LogP contribution >= 0.6 is 0 Å². The lowest BCUT2D eigenvalue weighted by Gasteiger charge is -2.09. The fourth-order valence-electron chi connectivity index (χ4n) is 2.46. The molecule has 0 heterocycles. The quantitative estimate of drug-likeness (QED) is 0.243. The molecule has 0 aliphatic rings. The number of hydrogen-bond acceptors (Lipinski definition) is 4. The molecule has 0 spiro atoms. The molecule has 0 rings (SSSR count). The lowest BCUT2D eigenvalue weighted by atomic mass is 10.1. The van der Waals surface area contributed by atoms with Gasteiger partial charge in [-0.25, -0.2) is 0 Å². The second-order valence-corrected chi connectivity index (χ2v) is 7.10. The standard InChI is InChI=1S/C21H40O4/c1-4-6-7-8-9-10-11-14-17-24-20(22)15-12-13-16-21(23)25-18-19(3)5-2/h19H,4-18H2,1-3H3. The van der Waals surface area contributed by atoms with Gasteiger partial charge < -0.3 is 9.47 Å². The number of carbonyl (C=O) groups is 2. The smallest absolute Gasteiger partial charge is 0.305 e. The van der Waals surface area contributed by atoms with Crippen LogP contribution in [0.1, 0.15) is 104 Å². The van der Waals surface area contributed by atoms with Gasteiger partial charge >= 0.3 is 11.9 Å². The highest BCUT2D eigenvalue weighted by molar-refractivity contribution is 5.70. The fourth-order valence-corrected chi connectivity index (χ4v) is 2.46. The van der Waals surface area contributed by atoms with Gasteiger partial charge in [-0.3, -0.25) is 9.59 Å². The highest BCUT2D eigenvalue weighted by Gasteiger charge is 2.07. The minimum absolute atomic E-state index is 0.143. The van der Waals surface area contributed by atoms with Gasteiger partial charge in [0.05, 0.1) is 13.2 Å². The molecule has 0 aliphatic carbocycles. The number of ether oxygens (including phenoxy) is 2. The Morgan fingerprint density at radius 1 is 0.720 bits per heavy atom. The monoisotopic (exact) mass is 356 g/mol. The van der Waals surface area contributed by atoms with Gasteiger partial charge in [0.15, 0.2) is 0 Å². The third kappa shape index (κ3) is 17.6. The molecule has 0 aromatic carbocycles. The van der Waals surface area contributed by atoms with Crippen molar-refractivity contribution in [3.63, 3.8) is 0 Å². The van der Waals surface area contributed by atoms with Crippen LogP contribution in [0.5, 0.6) is 0 Å². The maximum atomic E-state index is 11.6. The van der Waals surface area contributed by atoms with E-state index in [0.717, 1.165) is 19.3 Å². The Hall–Kier alpha value is -1.06. The van der Waals surface area contributed by atoms with E-state index in [9.17, 15) is 9.59 Å². The van der Waals surface area contributed by atoms with Crippen LogP contribution in [0.4, 0.5) is 0 Å². The van der Waals surface area contributed by atoms with Crippen LogP contribution in [0.2, 0.25) is 0 Å². The van der Waals surface area contributed by atoms with Crippen LogP contribution in [0.15, 0.2) is 0 Å². The van der Waals surface area contributed by atoms with Gasteiger partial charge in [0.25, 0.3) is 0 Å². The average Bonchev–Trinajstić information content (AvgIpc) is 2.61. The van der Waals surface area contributed by atoms with Crippen molar-refractivity contribution < 1.29 is 19.1 Å². The third-order valence-corrected chi connectivity index (χ3v) is 4.50. The van der Waals surface area contributed by atoms with Gasteiger partial charge in [0.2, 0.25) is 0 Å². The summed E-state index contributed by atoms with van der Waals surface area (Å²) in [6.45, 7) is 7.40. The largest absolute Gasteiger partial charge is 0.466 e. The molecule has 0 saturated carbocycles. The molecule has 4 nitrogen and oxygen atoms in total. The Balaban J connectivity index is 3.34. The van der Waals surface area contributed by atoms with Crippen LogP contribution in [-0.2, 0) is 19.1 Å². The summed E-state index contributed by atoms with van der Waals surface area (Å²) in [5.41, 5.74) is 0. The van der Waals surface area contributed by atoms with E-state index in [2.05, 4.69) is 20.8 Å². The number of unbranched alkanes of at least 4 members (excludes halogenated alkanes) is 8. The van der Waals surface area contributed by atoms with Crippen molar-refractivity contribution >= 4 is 11.9 Å². The minimum Gasteiger partial charge on any atom is -0.466 e. The normalized spacial score (nSPS) is 12.0. The molecule has 4 heteroatoms. The topological polar surface area (TPSA) is 52.6 Å². The van der Waals surface area contributed by atoms with E-state index in [1.165, 1.54) is 38.5 Å². The van der Waals surface area contributed by atoms with Crippen molar-refractivity contribution in [2.24, 2.45) is 5.92 Å². The van der Waals surface area contributed by atoms with Crippen molar-refractivity contribution in [3.8, 4) is 0 Å². The van der Waals surface area contributed by atoms with Gasteiger partial charge in [-0.1, -0.05) is 72.1 Å². The zero-order chi connectivity index (χ0) is 18.8. The van der Waals surface area contributed by atoms with Crippen molar-refractivity contribution in [3.05, 3.63) is 0 Å². The van der Waals surface area contributed by atoms with Gasteiger partial charge in [-0.05, 0) is 25.2 Å². The second kappa shape index (κ2) is 17.8. The molecule has 25 heavy (non-hydrogen) atoms. The summed E-state index contributed by atoms with van der Waals surface area (Å²) in [5.74, 6) is 0.110. The first-order valence-corrected chi connectivity index (χ1v) is 10.4. The first kappa shape index (κ1) is 23.9. The van der Waals surface area contributed by atoms with Crippen molar-refractivity contribution in [1.82, 2.24) is 0 Å². The molecule has 0 radical (unpaired) electrons. The Labute approximate surface area is 155 Å². The summed E-state index contributed by atoms with van der Waals surface area (Å²) < 4.78 is 10.4. The highest BCUT2D eigenvalue weighted by Crippen LogP contribution is 2.09. The van der Waals surface area contributed by atoms with E-state index in [1.54, 1.807) is 0 Å². The molecule has 0 aromatic rings. The van der Waals surface area contributed by atoms with Gasteiger partial charge in [0, 0.05) is 12.8 Å². The summed E-state index contributed by atoms with van der Waals surface area (Å²) in [4.78, 5) is 23.1. The Morgan fingerprint density at radius 3 is 1.80 bits per heavy atom. The molecule has 1 unspecified atom stereocenters. The lowest BCUT2D eigenvalue weighted by Crippen LogP contribution is -2.11. The third-order valence-electron chi connectivity index (χ3n) is 4.50. The van der Waals surface area contributed by atoms with Crippen LogP contribution in [0.3, 0.4) is 0 Å². The van der Waals surface area contributed by atoms with Gasteiger partial charge in [-0.15, -0.1) is 0 Å². The predicted molar refractivity (Wildman–Crippen MR) is 102 cm³/mol. The van der Waals surface area contributed by atoms with Crippen molar-refractivity contribution in [2.75, 3.05) is 13.2 Å². The minimum atomic E-state index is -0.160. The van der Waals surface area contributed by atoms with E-state index in [-0.39, 0.29) is 11.9 Å². The number of hydrogen-bond donors (Lipinski definition) is 0. The van der Waals surface area contributed by atoms with E-state index >= 15 is 0 Å². The molecule has 0 aromatic heterocycles. The molecule has 0 fully saturated rings. The summed E-state index contributed by atoms with van der Waals surface area (Å²) >= 11 is 0. The summed E-state index contributed by atoms with van der Waals surface area (Å²) in [5, 5.41) is 0. The molecule has 0 N–H and O–H groups in total. The molecule has 0 amide bonds. The number of esters is 2. The molecule has 148 valence electrons. The lowest BCUT2D eigenvalue weighted by molar-refractivity contribution is -0.146. The molecule has 0 saturated heterocycles. The fraction of sp³-hybridized carbons (Fsp3) is 0.905. The summed E-state index contributed by atoms with van der Waals surface area (Å²) in [7, 11) is 0. The van der Waals surface area contributed by atoms with Crippen LogP contribution < -0.4 is 0 Å². The average molecular weight is 357 g/mol. The van der Waals surface area contributed by atoms with E-state index in [4.69, 9.17) is 9.47 Å². The van der Waals surface area contributed by atoms with Crippen molar-refractivity contribution in [1.29, 1.82) is 0 Å². The maximum absolute atomic E-state index is 11.6. The summed E-state index contributed by atoms with van der Waals surface area (Å²) in [6.07, 6.45) is 13.1. The maximum Gasteiger partial charge on any atom is 0.305 e. The van der Waals surface area contributed by atoms with Gasteiger partial charge in [0.1, 0.15) is 0 Å². The highest BCUT2D eigenvalue weighted by atomic mass is 16.5. The van der Waals surface area contributed by atoms with Crippen LogP contribution in [0, 0.1) is 5.92 Å². The van der Waals surface area contributed by atoms with E-state index in [0.29, 0.717) is 44.8 Å². The van der Waals surface area contributed by atoms with E-state index < -0.39 is 0 Å². The van der Waals surface area contributed by atoms with E-state index in [1.807, 2.05) is 0 Å². The van der Waals surface area contributed by atoms with Crippen LogP contribution in [0.25, 0.3) is 0 Å². The van der Waals surface area contributed by atoms with Gasteiger partial charge in [-0.2, -0.15) is 0 Å². The number of carbonyl (C=O) groups excluding carboxylic acids is 2. The zero-order valence-electron chi connectivity index (χ0n) is 16.8. The molecular formula is C21H40O4. The zero-order valence-corrected chi connectivity index (χ0v) is 16.8. The predicted octanol–water partition coefficient (Wildman–Crippen LogP) is 5.82. The Morgan fingerprint density at radius 2 is 1.24 bits per heavy atom. The van der Waals surface area contributed by atoms with Crippen LogP contribution in [-0.4, -0.2) is 25.2 Å². The Bertz CT molecular complexity index is 328. The summed E-state index contributed by atoms with van der Waals surface area (Å²) in [6, 6.07) is 0. The number of rotatable bonds is 17. The first-order chi connectivity index (χ1) is 12.1. The SMILES string of the molecule is CCCCCCCCCCOC(=O)CCCCC(=O)OCC(C)CC. The molecule has 0 aliphatic heterocycles. The Kier molecular flexibility index (Phi) is 17.0.